The maximum atomic E-state index is 12.3. The van der Waals surface area contributed by atoms with Crippen LogP contribution in [0.5, 0.6) is 0 Å². The summed E-state index contributed by atoms with van der Waals surface area (Å²) in [6, 6.07) is 3.44. The zero-order chi connectivity index (χ0) is 14.7. The Kier molecular flexibility index (Phi) is 4.98. The van der Waals surface area contributed by atoms with E-state index in [1.807, 2.05) is 13.8 Å². The standard InChI is InChI=1S/C12H16F3NO2S/c1-9(2)7-8-16-19(17,18)11-5-3-10(4-6-11)12(13,14)15/h3-6,9,16H,7-8H2,1-2H3. The Morgan fingerprint density at radius 2 is 1.68 bits per heavy atom. The second kappa shape index (κ2) is 5.92. The fourth-order valence-electron chi connectivity index (χ4n) is 1.39. The van der Waals surface area contributed by atoms with Crippen LogP contribution in [0.3, 0.4) is 0 Å². The Balaban J connectivity index is 2.80. The van der Waals surface area contributed by atoms with E-state index in [4.69, 9.17) is 0 Å². The third-order valence-corrected chi connectivity index (χ3v) is 3.98. The highest BCUT2D eigenvalue weighted by atomic mass is 32.2. The largest absolute Gasteiger partial charge is 0.416 e. The minimum Gasteiger partial charge on any atom is -0.211 e. The van der Waals surface area contributed by atoms with Gasteiger partial charge >= 0.3 is 6.18 Å². The van der Waals surface area contributed by atoms with E-state index >= 15 is 0 Å². The average molecular weight is 295 g/mol. The molecule has 19 heavy (non-hydrogen) atoms. The summed E-state index contributed by atoms with van der Waals surface area (Å²) in [6.07, 6.45) is -3.80. The lowest BCUT2D eigenvalue weighted by Crippen LogP contribution is -2.25. The summed E-state index contributed by atoms with van der Waals surface area (Å²) in [5.41, 5.74) is -0.867. The SMILES string of the molecule is CC(C)CCNS(=O)(=O)c1ccc(C(F)(F)F)cc1. The van der Waals surface area contributed by atoms with Crippen LogP contribution in [0.25, 0.3) is 0 Å². The number of benzene rings is 1. The van der Waals surface area contributed by atoms with Crippen LogP contribution < -0.4 is 4.72 Å². The zero-order valence-corrected chi connectivity index (χ0v) is 11.5. The van der Waals surface area contributed by atoms with E-state index < -0.39 is 21.8 Å². The van der Waals surface area contributed by atoms with E-state index in [-0.39, 0.29) is 11.4 Å². The summed E-state index contributed by atoms with van der Waals surface area (Å²) in [5, 5.41) is 0. The van der Waals surface area contributed by atoms with Crippen molar-refractivity contribution in [3.05, 3.63) is 29.8 Å². The molecule has 0 aliphatic rings. The molecule has 0 unspecified atom stereocenters. The van der Waals surface area contributed by atoms with Gasteiger partial charge in [-0.15, -0.1) is 0 Å². The molecule has 3 nitrogen and oxygen atoms in total. The minimum atomic E-state index is -4.46. The minimum absolute atomic E-state index is 0.163. The van der Waals surface area contributed by atoms with Crippen molar-refractivity contribution in [2.24, 2.45) is 5.92 Å². The summed E-state index contributed by atoms with van der Waals surface area (Å²) in [7, 11) is -3.74. The lowest BCUT2D eigenvalue weighted by atomic mass is 10.1. The third kappa shape index (κ3) is 4.83. The van der Waals surface area contributed by atoms with Crippen molar-refractivity contribution in [2.75, 3.05) is 6.54 Å². The van der Waals surface area contributed by atoms with Crippen LogP contribution in [-0.4, -0.2) is 15.0 Å². The fraction of sp³-hybridized carbons (Fsp3) is 0.500. The molecule has 0 amide bonds. The molecule has 0 fully saturated rings. The molecule has 0 aliphatic carbocycles. The van der Waals surface area contributed by atoms with E-state index in [1.165, 1.54) is 0 Å². The number of alkyl halides is 3. The number of hydrogen-bond donors (Lipinski definition) is 1. The first-order valence-electron chi connectivity index (χ1n) is 5.80. The second-order valence-corrected chi connectivity index (χ2v) is 6.37. The topological polar surface area (TPSA) is 46.2 Å². The molecule has 1 aromatic rings. The van der Waals surface area contributed by atoms with Gasteiger partial charge in [-0.2, -0.15) is 13.2 Å². The van der Waals surface area contributed by atoms with Crippen molar-refractivity contribution >= 4 is 10.0 Å². The molecule has 108 valence electrons. The second-order valence-electron chi connectivity index (χ2n) is 4.60. The van der Waals surface area contributed by atoms with Crippen LogP contribution in [0.1, 0.15) is 25.8 Å². The molecule has 1 N–H and O–H groups in total. The highest BCUT2D eigenvalue weighted by Crippen LogP contribution is 2.29. The Labute approximate surface area is 110 Å². The van der Waals surface area contributed by atoms with Crippen molar-refractivity contribution in [3.8, 4) is 0 Å². The van der Waals surface area contributed by atoms with Crippen molar-refractivity contribution < 1.29 is 21.6 Å². The van der Waals surface area contributed by atoms with Crippen LogP contribution >= 0.6 is 0 Å². The lowest BCUT2D eigenvalue weighted by Gasteiger charge is -2.10. The van der Waals surface area contributed by atoms with Gasteiger partial charge in [0, 0.05) is 6.54 Å². The third-order valence-electron chi connectivity index (χ3n) is 2.51. The molecular formula is C12H16F3NO2S. The number of nitrogens with one attached hydrogen (secondary N) is 1. The van der Waals surface area contributed by atoms with Crippen LogP contribution in [0.2, 0.25) is 0 Å². The molecule has 7 heteroatoms. The molecule has 0 aliphatic heterocycles. The highest BCUT2D eigenvalue weighted by Gasteiger charge is 2.30. The monoisotopic (exact) mass is 295 g/mol. The van der Waals surface area contributed by atoms with Gasteiger partial charge in [-0.1, -0.05) is 13.8 Å². The van der Waals surface area contributed by atoms with Gasteiger partial charge in [-0.25, -0.2) is 13.1 Å². The number of hydrogen-bond acceptors (Lipinski definition) is 2. The van der Waals surface area contributed by atoms with E-state index in [2.05, 4.69) is 4.72 Å². The van der Waals surface area contributed by atoms with E-state index in [9.17, 15) is 21.6 Å². The molecule has 1 aromatic carbocycles. The van der Waals surface area contributed by atoms with Crippen molar-refractivity contribution in [1.29, 1.82) is 0 Å². The smallest absolute Gasteiger partial charge is 0.211 e. The van der Waals surface area contributed by atoms with Crippen LogP contribution in [-0.2, 0) is 16.2 Å². The van der Waals surface area contributed by atoms with Gasteiger partial charge in [-0.3, -0.25) is 0 Å². The molecule has 0 radical (unpaired) electrons. The lowest BCUT2D eigenvalue weighted by molar-refractivity contribution is -0.137. The maximum absolute atomic E-state index is 12.3. The van der Waals surface area contributed by atoms with E-state index in [0.717, 1.165) is 24.3 Å². The highest BCUT2D eigenvalue weighted by molar-refractivity contribution is 7.89. The Morgan fingerprint density at radius 3 is 2.11 bits per heavy atom. The molecule has 0 saturated heterocycles. The summed E-state index contributed by atoms with van der Waals surface area (Å²) >= 11 is 0. The number of sulfonamides is 1. The van der Waals surface area contributed by atoms with Gasteiger partial charge in [-0.05, 0) is 36.6 Å². The number of rotatable bonds is 5. The first-order chi connectivity index (χ1) is 8.63. The quantitative estimate of drug-likeness (QED) is 0.907. The predicted octanol–water partition coefficient (Wildman–Crippen LogP) is 3.03. The first-order valence-corrected chi connectivity index (χ1v) is 7.28. The van der Waals surface area contributed by atoms with Crippen molar-refractivity contribution in [1.82, 2.24) is 4.72 Å². The van der Waals surface area contributed by atoms with Crippen LogP contribution in [0.15, 0.2) is 29.2 Å². The molecule has 0 bridgehead atoms. The number of halogens is 3. The van der Waals surface area contributed by atoms with Crippen LogP contribution in [0, 0.1) is 5.92 Å². The Morgan fingerprint density at radius 1 is 1.16 bits per heavy atom. The molecule has 0 saturated carbocycles. The molecule has 1 rings (SSSR count). The maximum Gasteiger partial charge on any atom is 0.416 e. The van der Waals surface area contributed by atoms with Crippen LogP contribution in [0.4, 0.5) is 13.2 Å². The summed E-state index contributed by atoms with van der Waals surface area (Å²) < 4.78 is 62.9. The van der Waals surface area contributed by atoms with E-state index in [1.54, 1.807) is 0 Å². The normalized spacial score (nSPS) is 12.9. The first kappa shape index (κ1) is 16.0. The summed E-state index contributed by atoms with van der Waals surface area (Å²) in [4.78, 5) is -0.163. The zero-order valence-electron chi connectivity index (χ0n) is 10.7. The van der Waals surface area contributed by atoms with Gasteiger partial charge in [0.05, 0.1) is 10.5 Å². The summed E-state index contributed by atoms with van der Waals surface area (Å²) in [5.74, 6) is 0.343. The molecular weight excluding hydrogens is 279 g/mol. The van der Waals surface area contributed by atoms with Gasteiger partial charge in [0.1, 0.15) is 0 Å². The molecule has 0 atom stereocenters. The van der Waals surface area contributed by atoms with Gasteiger partial charge in [0.25, 0.3) is 0 Å². The average Bonchev–Trinajstić information content (AvgIpc) is 2.27. The van der Waals surface area contributed by atoms with Crippen molar-refractivity contribution in [3.63, 3.8) is 0 Å². The fourth-order valence-corrected chi connectivity index (χ4v) is 2.44. The summed E-state index contributed by atoms with van der Waals surface area (Å²) in [6.45, 7) is 4.17. The molecule has 0 aromatic heterocycles. The molecule has 0 spiro atoms. The van der Waals surface area contributed by atoms with E-state index in [0.29, 0.717) is 12.3 Å². The predicted molar refractivity (Wildman–Crippen MR) is 66.1 cm³/mol. The van der Waals surface area contributed by atoms with Crippen molar-refractivity contribution in [2.45, 2.75) is 31.3 Å². The Hall–Kier alpha value is -1.08. The Bertz CT molecular complexity index is 507. The van der Waals surface area contributed by atoms with Gasteiger partial charge in [0.15, 0.2) is 0 Å². The molecule has 0 heterocycles. The van der Waals surface area contributed by atoms with Gasteiger partial charge < -0.3 is 0 Å². The van der Waals surface area contributed by atoms with Gasteiger partial charge in [0.2, 0.25) is 10.0 Å².